The Balaban J connectivity index is 1.93. The first kappa shape index (κ1) is 15.3. The van der Waals surface area contributed by atoms with E-state index in [0.717, 1.165) is 32.5 Å². The van der Waals surface area contributed by atoms with E-state index in [-0.39, 0.29) is 11.1 Å². The van der Waals surface area contributed by atoms with Gasteiger partial charge in [-0.25, -0.2) is 4.39 Å². The average Bonchev–Trinajstić information content (AvgIpc) is 2.72. The van der Waals surface area contributed by atoms with E-state index in [4.69, 9.17) is 0 Å². The van der Waals surface area contributed by atoms with E-state index in [1.165, 1.54) is 17.5 Å². The molecule has 0 aliphatic rings. The van der Waals surface area contributed by atoms with Crippen molar-refractivity contribution < 1.29 is 4.39 Å². The highest BCUT2D eigenvalue weighted by molar-refractivity contribution is 6.25. The van der Waals surface area contributed by atoms with E-state index in [0.29, 0.717) is 5.56 Å². The minimum atomic E-state index is -0.763. The van der Waals surface area contributed by atoms with Crippen LogP contribution in [0, 0.1) is 28.5 Å². The number of nitriles is 2. The van der Waals surface area contributed by atoms with Crippen molar-refractivity contribution >= 4 is 32.3 Å². The Kier molecular flexibility index (Phi) is 3.13. The molecule has 0 spiro atoms. The molecule has 0 aliphatic carbocycles. The fraction of sp³-hybridized carbons (Fsp3) is 0. The van der Waals surface area contributed by atoms with E-state index in [1.807, 2.05) is 30.3 Å². The summed E-state index contributed by atoms with van der Waals surface area (Å²) >= 11 is 0. The van der Waals surface area contributed by atoms with Crippen molar-refractivity contribution in [1.82, 2.24) is 0 Å². The zero-order chi connectivity index (χ0) is 18.5. The zero-order valence-corrected chi connectivity index (χ0v) is 14.1. The molecule has 5 rings (SSSR count). The third-order valence-corrected chi connectivity index (χ3v) is 5.15. The summed E-state index contributed by atoms with van der Waals surface area (Å²) in [5.74, 6) is -0.763. The van der Waals surface area contributed by atoms with Crippen LogP contribution in [0.25, 0.3) is 43.4 Å². The molecular formula is C24H11FN2. The van der Waals surface area contributed by atoms with Crippen LogP contribution in [0.5, 0.6) is 0 Å². The Labute approximate surface area is 154 Å². The van der Waals surface area contributed by atoms with Gasteiger partial charge < -0.3 is 0 Å². The zero-order valence-electron chi connectivity index (χ0n) is 14.1. The Morgan fingerprint density at radius 3 is 1.85 bits per heavy atom. The second-order valence-electron chi connectivity index (χ2n) is 6.58. The first-order chi connectivity index (χ1) is 13.2. The molecule has 0 radical (unpaired) electrons. The van der Waals surface area contributed by atoms with Gasteiger partial charge in [-0.05, 0) is 55.6 Å². The summed E-state index contributed by atoms with van der Waals surface area (Å²) in [6.07, 6.45) is 0. The molecule has 27 heavy (non-hydrogen) atoms. The summed E-state index contributed by atoms with van der Waals surface area (Å²) in [6, 6.07) is 25.3. The predicted octanol–water partition coefficient (Wildman–Crippen LogP) is 6.13. The van der Waals surface area contributed by atoms with Crippen molar-refractivity contribution in [2.75, 3.05) is 0 Å². The Hall–Kier alpha value is -3.95. The molecule has 0 aliphatic heterocycles. The Bertz CT molecular complexity index is 1400. The van der Waals surface area contributed by atoms with Crippen LogP contribution in [-0.4, -0.2) is 0 Å². The average molecular weight is 346 g/mol. The van der Waals surface area contributed by atoms with E-state index >= 15 is 0 Å². The lowest BCUT2D eigenvalue weighted by Gasteiger charge is -2.14. The summed E-state index contributed by atoms with van der Waals surface area (Å²) in [5.41, 5.74) is 1.32. The van der Waals surface area contributed by atoms with Crippen LogP contribution in [-0.2, 0) is 0 Å². The fourth-order valence-electron chi connectivity index (χ4n) is 3.93. The molecule has 5 aromatic rings. The van der Waals surface area contributed by atoms with Crippen LogP contribution < -0.4 is 0 Å². The maximum atomic E-state index is 14.2. The molecule has 0 unspecified atom stereocenters. The second kappa shape index (κ2) is 5.53. The van der Waals surface area contributed by atoms with Gasteiger partial charge in [-0.15, -0.1) is 0 Å². The number of nitrogens with zero attached hydrogens (tertiary/aromatic N) is 2. The molecule has 0 N–H and O–H groups in total. The Morgan fingerprint density at radius 1 is 0.667 bits per heavy atom. The van der Waals surface area contributed by atoms with Crippen molar-refractivity contribution in [1.29, 1.82) is 10.5 Å². The maximum absolute atomic E-state index is 14.2. The first-order valence-corrected chi connectivity index (χ1v) is 8.52. The summed E-state index contributed by atoms with van der Waals surface area (Å²) in [5, 5.41) is 25.3. The highest BCUT2D eigenvalue weighted by atomic mass is 19.1. The van der Waals surface area contributed by atoms with E-state index in [1.54, 1.807) is 0 Å². The molecule has 0 fully saturated rings. The van der Waals surface area contributed by atoms with Crippen molar-refractivity contribution in [2.45, 2.75) is 0 Å². The first-order valence-electron chi connectivity index (χ1n) is 8.52. The summed E-state index contributed by atoms with van der Waals surface area (Å²) in [6.45, 7) is 0. The highest BCUT2D eigenvalue weighted by Crippen LogP contribution is 2.39. The number of rotatable bonds is 1. The lowest BCUT2D eigenvalue weighted by atomic mass is 9.89. The van der Waals surface area contributed by atoms with Gasteiger partial charge in [0.2, 0.25) is 0 Å². The third kappa shape index (κ3) is 2.09. The molecule has 3 heteroatoms. The summed E-state index contributed by atoms with van der Waals surface area (Å²) in [4.78, 5) is 0. The normalized spacial score (nSPS) is 11.1. The summed E-state index contributed by atoms with van der Waals surface area (Å²) < 4.78 is 14.2. The van der Waals surface area contributed by atoms with Gasteiger partial charge in [0.05, 0.1) is 11.1 Å². The van der Waals surface area contributed by atoms with Gasteiger partial charge >= 0.3 is 0 Å². The van der Waals surface area contributed by atoms with Gasteiger partial charge in [-0.1, -0.05) is 54.6 Å². The largest absolute Gasteiger partial charge is 0.204 e. The van der Waals surface area contributed by atoms with Gasteiger partial charge in [0.25, 0.3) is 0 Å². The van der Waals surface area contributed by atoms with Crippen molar-refractivity contribution in [3.63, 3.8) is 0 Å². The second-order valence-corrected chi connectivity index (χ2v) is 6.58. The van der Waals surface area contributed by atoms with E-state index in [2.05, 4.69) is 36.4 Å². The molecule has 0 heterocycles. The summed E-state index contributed by atoms with van der Waals surface area (Å²) in [7, 11) is 0. The molecule has 0 atom stereocenters. The SMILES string of the molecule is N#Cc1cc(-c2ccc3ccc4cccc5ccc2c3c45)cc(C#N)c1F. The van der Waals surface area contributed by atoms with Crippen LogP contribution in [0.15, 0.2) is 66.7 Å². The van der Waals surface area contributed by atoms with Gasteiger partial charge in [-0.3, -0.25) is 0 Å². The quantitative estimate of drug-likeness (QED) is 0.343. The molecule has 0 saturated carbocycles. The van der Waals surface area contributed by atoms with Crippen LogP contribution >= 0.6 is 0 Å². The number of hydrogen-bond donors (Lipinski definition) is 0. The molecule has 0 bridgehead atoms. The molecule has 0 amide bonds. The van der Waals surface area contributed by atoms with Crippen molar-refractivity contribution in [2.24, 2.45) is 0 Å². The standard InChI is InChI=1S/C24H11FN2/c25-24-18(12-26)10-17(11-19(24)13-27)20-8-6-16-5-4-14-2-1-3-15-7-9-21(20)23(16)22(14)15/h1-11H. The van der Waals surface area contributed by atoms with Gasteiger partial charge in [0.1, 0.15) is 12.1 Å². The van der Waals surface area contributed by atoms with Crippen LogP contribution in [0.4, 0.5) is 4.39 Å². The third-order valence-electron chi connectivity index (χ3n) is 5.15. The molecule has 0 saturated heterocycles. The predicted molar refractivity (Wildman–Crippen MR) is 105 cm³/mol. The number of benzene rings is 5. The molecule has 0 aromatic heterocycles. The van der Waals surface area contributed by atoms with Crippen LogP contribution in [0.2, 0.25) is 0 Å². The number of hydrogen-bond acceptors (Lipinski definition) is 2. The van der Waals surface area contributed by atoms with E-state index in [9.17, 15) is 14.9 Å². The highest BCUT2D eigenvalue weighted by Gasteiger charge is 2.15. The van der Waals surface area contributed by atoms with E-state index < -0.39 is 5.82 Å². The van der Waals surface area contributed by atoms with Crippen molar-refractivity contribution in [3.8, 4) is 23.3 Å². The van der Waals surface area contributed by atoms with Gasteiger partial charge in [0, 0.05) is 0 Å². The maximum Gasteiger partial charge on any atom is 0.158 e. The van der Waals surface area contributed by atoms with Crippen molar-refractivity contribution in [3.05, 3.63) is 83.7 Å². The number of halogens is 1. The van der Waals surface area contributed by atoms with Crippen LogP contribution in [0.3, 0.4) is 0 Å². The molecular weight excluding hydrogens is 335 g/mol. The molecule has 5 aromatic carbocycles. The lowest BCUT2D eigenvalue weighted by Crippen LogP contribution is -1.93. The van der Waals surface area contributed by atoms with Crippen LogP contribution in [0.1, 0.15) is 11.1 Å². The minimum absolute atomic E-state index is 0.116. The fourth-order valence-corrected chi connectivity index (χ4v) is 3.93. The van der Waals surface area contributed by atoms with Gasteiger partial charge in [-0.2, -0.15) is 10.5 Å². The topological polar surface area (TPSA) is 47.6 Å². The minimum Gasteiger partial charge on any atom is -0.204 e. The van der Waals surface area contributed by atoms with Gasteiger partial charge in [0.15, 0.2) is 5.82 Å². The smallest absolute Gasteiger partial charge is 0.158 e. The molecule has 124 valence electrons. The lowest BCUT2D eigenvalue weighted by molar-refractivity contribution is 0.620. The monoisotopic (exact) mass is 346 g/mol. The Morgan fingerprint density at radius 2 is 1.22 bits per heavy atom. The molecule has 2 nitrogen and oxygen atoms in total.